The molecule has 7 N–H and O–H groups in total. The van der Waals surface area contributed by atoms with Crippen molar-refractivity contribution >= 4 is 5.91 Å². The number of hydrogen-bond donors (Lipinski definition) is 6. The Hall–Kier alpha value is -0.730. The summed E-state index contributed by atoms with van der Waals surface area (Å²) in [5, 5.41) is 34.3. The van der Waals surface area contributed by atoms with Gasteiger partial charge in [0.15, 0.2) is 0 Å². The van der Waals surface area contributed by atoms with Crippen molar-refractivity contribution in [3.05, 3.63) is 0 Å². The lowest BCUT2D eigenvalue weighted by Crippen LogP contribution is -2.62. The van der Waals surface area contributed by atoms with Crippen LogP contribution in [-0.4, -0.2) is 66.6 Å². The van der Waals surface area contributed by atoms with Crippen LogP contribution in [-0.2, 0) is 4.79 Å². The fraction of sp³-hybridized carbons (Fsp3) is 0.974. The van der Waals surface area contributed by atoms with Crippen molar-refractivity contribution in [1.29, 1.82) is 0 Å². The van der Waals surface area contributed by atoms with Crippen LogP contribution in [0.4, 0.5) is 0 Å². The van der Waals surface area contributed by atoms with Crippen LogP contribution in [0.5, 0.6) is 0 Å². The van der Waals surface area contributed by atoms with Crippen LogP contribution in [0.2, 0.25) is 0 Å². The summed E-state index contributed by atoms with van der Waals surface area (Å²) in [6.07, 6.45) is 17.2. The molecule has 0 aromatic carbocycles. The molecule has 4 fully saturated rings. The molecule has 7 nitrogen and oxygen atoms in total. The molecule has 7 heteroatoms. The van der Waals surface area contributed by atoms with Gasteiger partial charge in [0, 0.05) is 18.5 Å². The fourth-order valence-corrected chi connectivity index (χ4v) is 11.0. The first-order chi connectivity index (χ1) is 21.5. The Morgan fingerprint density at radius 3 is 2.31 bits per heavy atom. The minimum atomic E-state index is -0.328. The van der Waals surface area contributed by atoms with E-state index in [0.29, 0.717) is 48.0 Å². The Morgan fingerprint density at radius 1 is 0.867 bits per heavy atom. The largest absolute Gasteiger partial charge is 0.393 e. The highest BCUT2D eigenvalue weighted by Gasteiger charge is 2.65. The fourth-order valence-electron chi connectivity index (χ4n) is 11.0. The van der Waals surface area contributed by atoms with Gasteiger partial charge in [-0.05, 0) is 157 Å². The summed E-state index contributed by atoms with van der Waals surface area (Å²) < 4.78 is 0. The second-order valence-electron chi connectivity index (χ2n) is 16.8. The zero-order chi connectivity index (χ0) is 32.6. The van der Waals surface area contributed by atoms with Crippen LogP contribution >= 0.6 is 0 Å². The molecule has 0 aliphatic heterocycles. The minimum Gasteiger partial charge on any atom is -0.393 e. The van der Waals surface area contributed by atoms with Gasteiger partial charge < -0.3 is 31.9 Å². The molecule has 0 aromatic heterocycles. The average Bonchev–Trinajstić information content (AvgIpc) is 3.35. The summed E-state index contributed by atoms with van der Waals surface area (Å²) in [5.41, 5.74) is 5.61. The van der Waals surface area contributed by atoms with Gasteiger partial charge >= 0.3 is 0 Å². The normalized spacial score (nSPS) is 38.4. The number of nitrogens with one attached hydrogen (secondary N) is 3. The number of hydrogen-bond acceptors (Lipinski definition) is 6. The molecule has 11 atom stereocenters. The smallest absolute Gasteiger partial charge is 0.220 e. The van der Waals surface area contributed by atoms with E-state index in [1.807, 2.05) is 13.8 Å². The number of aliphatic hydroxyl groups is 2. The third-order valence-electron chi connectivity index (χ3n) is 13.6. The summed E-state index contributed by atoms with van der Waals surface area (Å²) in [6, 6.07) is 0.718. The van der Waals surface area contributed by atoms with Gasteiger partial charge in [-0.15, -0.1) is 0 Å². The molecule has 0 spiro atoms. The van der Waals surface area contributed by atoms with Crippen LogP contribution in [0.25, 0.3) is 0 Å². The van der Waals surface area contributed by atoms with Crippen LogP contribution in [0, 0.1) is 46.3 Å². The van der Waals surface area contributed by atoms with Crippen molar-refractivity contribution in [3.63, 3.8) is 0 Å². The molecule has 0 saturated heterocycles. The van der Waals surface area contributed by atoms with E-state index in [2.05, 4.69) is 36.7 Å². The van der Waals surface area contributed by atoms with E-state index in [1.165, 1.54) is 51.4 Å². The first-order valence-corrected chi connectivity index (χ1v) is 19.3. The third kappa shape index (κ3) is 8.85. The second-order valence-corrected chi connectivity index (χ2v) is 16.8. The number of unbranched alkanes of at least 4 members (excludes halogenated alkanes) is 5. The van der Waals surface area contributed by atoms with E-state index in [4.69, 9.17) is 5.73 Å². The van der Waals surface area contributed by atoms with Crippen molar-refractivity contribution in [1.82, 2.24) is 16.0 Å². The van der Waals surface area contributed by atoms with Gasteiger partial charge in [0.25, 0.3) is 0 Å². The van der Waals surface area contributed by atoms with E-state index >= 15 is 0 Å². The van der Waals surface area contributed by atoms with E-state index in [9.17, 15) is 15.0 Å². The van der Waals surface area contributed by atoms with E-state index in [1.54, 1.807) is 0 Å². The summed E-state index contributed by atoms with van der Waals surface area (Å²) in [4.78, 5) is 12.4. The van der Waals surface area contributed by atoms with Gasteiger partial charge in [0.1, 0.15) is 0 Å². The maximum Gasteiger partial charge on any atom is 0.220 e. The topological polar surface area (TPSA) is 120 Å². The predicted octanol–water partition coefficient (Wildman–Crippen LogP) is 5.77. The number of nitrogens with two attached hydrogens (primary N) is 1. The van der Waals surface area contributed by atoms with E-state index in [0.717, 1.165) is 71.1 Å². The van der Waals surface area contributed by atoms with Crippen molar-refractivity contribution in [2.75, 3.05) is 26.2 Å². The molecule has 4 unspecified atom stereocenters. The van der Waals surface area contributed by atoms with Gasteiger partial charge in [-0.25, -0.2) is 0 Å². The Bertz CT molecular complexity index is 902. The van der Waals surface area contributed by atoms with E-state index in [-0.39, 0.29) is 35.0 Å². The van der Waals surface area contributed by atoms with Crippen LogP contribution in [0.1, 0.15) is 137 Å². The zero-order valence-corrected chi connectivity index (χ0v) is 29.8. The van der Waals surface area contributed by atoms with Gasteiger partial charge in [-0.3, -0.25) is 4.79 Å². The molecular weight excluding hydrogens is 560 g/mol. The average molecular weight is 633 g/mol. The SMILES string of the molecule is CC(C)NC(=O)CC[C@@H](C)[C@H]1CCC2C3C(C[C@H](O)[C@@]21C)[C@@]1(C)CC[C@H](NCCCNCCCCCCCCN)CC1C[C@H]3O. The summed E-state index contributed by atoms with van der Waals surface area (Å²) in [6.45, 7) is 15.3. The third-order valence-corrected chi connectivity index (χ3v) is 13.6. The molecule has 4 aliphatic rings. The molecular formula is C38H72N4O3. The molecule has 0 radical (unpaired) electrons. The van der Waals surface area contributed by atoms with Gasteiger partial charge in [0.05, 0.1) is 12.2 Å². The molecule has 0 aromatic rings. The Kier molecular flexibility index (Phi) is 14.1. The molecule has 4 aliphatic carbocycles. The molecule has 4 saturated carbocycles. The van der Waals surface area contributed by atoms with Gasteiger partial charge in [-0.2, -0.15) is 0 Å². The Morgan fingerprint density at radius 2 is 1.58 bits per heavy atom. The highest BCUT2D eigenvalue weighted by Crippen LogP contribution is 2.68. The lowest BCUT2D eigenvalue weighted by Gasteiger charge is -2.63. The molecule has 0 heterocycles. The molecule has 0 bridgehead atoms. The Labute approximate surface area is 276 Å². The number of rotatable bonds is 18. The molecule has 262 valence electrons. The summed E-state index contributed by atoms with van der Waals surface area (Å²) >= 11 is 0. The van der Waals surface area contributed by atoms with Crippen LogP contribution < -0.4 is 21.7 Å². The van der Waals surface area contributed by atoms with Crippen molar-refractivity contribution < 1.29 is 15.0 Å². The predicted molar refractivity (Wildman–Crippen MR) is 186 cm³/mol. The summed E-state index contributed by atoms with van der Waals surface area (Å²) in [5.74, 6) is 2.52. The maximum absolute atomic E-state index is 12.4. The number of carbonyl (C=O) groups excluding carboxylic acids is 1. The lowest BCUT2D eigenvalue weighted by atomic mass is 9.43. The first-order valence-electron chi connectivity index (χ1n) is 19.3. The highest BCUT2D eigenvalue weighted by molar-refractivity contribution is 5.76. The highest BCUT2D eigenvalue weighted by atomic mass is 16.3. The quantitative estimate of drug-likeness (QED) is 0.107. The number of carbonyl (C=O) groups is 1. The summed E-state index contributed by atoms with van der Waals surface area (Å²) in [7, 11) is 0. The lowest BCUT2D eigenvalue weighted by molar-refractivity contribution is -0.202. The monoisotopic (exact) mass is 633 g/mol. The number of amides is 1. The first kappa shape index (κ1) is 37.1. The van der Waals surface area contributed by atoms with Crippen molar-refractivity contribution in [2.45, 2.75) is 162 Å². The van der Waals surface area contributed by atoms with E-state index < -0.39 is 0 Å². The van der Waals surface area contributed by atoms with Crippen molar-refractivity contribution in [3.8, 4) is 0 Å². The minimum absolute atomic E-state index is 0.139. The van der Waals surface area contributed by atoms with Crippen LogP contribution in [0.15, 0.2) is 0 Å². The van der Waals surface area contributed by atoms with Crippen molar-refractivity contribution in [2.24, 2.45) is 52.1 Å². The second kappa shape index (κ2) is 17.1. The van der Waals surface area contributed by atoms with Crippen LogP contribution in [0.3, 0.4) is 0 Å². The van der Waals surface area contributed by atoms with Gasteiger partial charge in [0.2, 0.25) is 5.91 Å². The van der Waals surface area contributed by atoms with Gasteiger partial charge in [-0.1, -0.05) is 46.5 Å². The molecule has 1 amide bonds. The molecule has 45 heavy (non-hydrogen) atoms. The Balaban J connectivity index is 1.23. The molecule has 4 rings (SSSR count). The number of aliphatic hydroxyl groups excluding tert-OH is 2. The number of fused-ring (bicyclic) bond motifs is 5. The maximum atomic E-state index is 12.4. The zero-order valence-electron chi connectivity index (χ0n) is 29.8. The standard InChI is InChI=1S/C38H72N4O3/c1-26(2)42-35(45)16-13-27(3)30-14-15-31-36-32(25-34(44)38(30,31)5)37(4)18-17-29(23-28(37)24-33(36)43)41-22-12-21-40-20-11-9-7-6-8-10-19-39/h26-34,36,40-41,43-44H,6-25,39H2,1-5H3,(H,42,45)/t27-,28?,29+,30-,31?,32?,33-,34+,36?,37+,38-/m1/s1.